The minimum absolute atomic E-state index is 0.0441. The van der Waals surface area contributed by atoms with Gasteiger partial charge in [-0.2, -0.15) is 0 Å². The quantitative estimate of drug-likeness (QED) is 0.840. The third kappa shape index (κ3) is 2.19. The molecule has 3 rings (SSSR count). The van der Waals surface area contributed by atoms with Crippen LogP contribution >= 0.6 is 11.6 Å². The topological polar surface area (TPSA) is 33.2 Å². The van der Waals surface area contributed by atoms with Crippen molar-refractivity contribution in [1.82, 2.24) is 9.88 Å². The van der Waals surface area contributed by atoms with Crippen LogP contribution in [0.25, 0.3) is 10.9 Å². The summed E-state index contributed by atoms with van der Waals surface area (Å²) in [4.78, 5) is 18.6. The fourth-order valence-corrected chi connectivity index (χ4v) is 2.63. The predicted molar refractivity (Wildman–Crippen MR) is 76.5 cm³/mol. The van der Waals surface area contributed by atoms with Crippen LogP contribution in [0.1, 0.15) is 29.8 Å². The SMILES string of the molecule is CN(C(=O)c1cc(Cl)c2ccccc2n1)C1CCC1. The summed E-state index contributed by atoms with van der Waals surface area (Å²) < 4.78 is 0. The lowest BCUT2D eigenvalue weighted by molar-refractivity contribution is 0.0646. The van der Waals surface area contributed by atoms with E-state index in [4.69, 9.17) is 11.6 Å². The Bertz CT molecular complexity index is 637. The highest BCUT2D eigenvalue weighted by atomic mass is 35.5. The number of carbonyl (C=O) groups excluding carboxylic acids is 1. The van der Waals surface area contributed by atoms with Crippen molar-refractivity contribution < 1.29 is 4.79 Å². The van der Waals surface area contributed by atoms with Gasteiger partial charge in [-0.05, 0) is 31.4 Å². The molecule has 0 bridgehead atoms. The van der Waals surface area contributed by atoms with Crippen LogP contribution < -0.4 is 0 Å². The zero-order chi connectivity index (χ0) is 13.4. The smallest absolute Gasteiger partial charge is 0.272 e. The molecule has 1 aromatic heterocycles. The van der Waals surface area contributed by atoms with Gasteiger partial charge in [-0.25, -0.2) is 4.98 Å². The number of amides is 1. The molecule has 19 heavy (non-hydrogen) atoms. The minimum atomic E-state index is -0.0441. The first-order chi connectivity index (χ1) is 9.16. The van der Waals surface area contributed by atoms with E-state index < -0.39 is 0 Å². The maximum atomic E-state index is 12.4. The molecular formula is C15H15ClN2O. The monoisotopic (exact) mass is 274 g/mol. The highest BCUT2D eigenvalue weighted by molar-refractivity contribution is 6.35. The van der Waals surface area contributed by atoms with E-state index in [1.165, 1.54) is 6.42 Å². The van der Waals surface area contributed by atoms with Gasteiger partial charge in [-0.1, -0.05) is 29.8 Å². The Balaban J connectivity index is 1.98. The molecule has 1 aliphatic carbocycles. The van der Waals surface area contributed by atoms with E-state index in [0.717, 1.165) is 23.7 Å². The van der Waals surface area contributed by atoms with Gasteiger partial charge in [0.1, 0.15) is 5.69 Å². The molecule has 1 aromatic carbocycles. The number of rotatable bonds is 2. The molecule has 4 heteroatoms. The fourth-order valence-electron chi connectivity index (χ4n) is 2.36. The maximum Gasteiger partial charge on any atom is 0.272 e. The van der Waals surface area contributed by atoms with Crippen molar-refractivity contribution in [1.29, 1.82) is 0 Å². The fraction of sp³-hybridized carbons (Fsp3) is 0.333. The second-order valence-electron chi connectivity index (χ2n) is 5.01. The molecule has 0 spiro atoms. The average molecular weight is 275 g/mol. The second kappa shape index (κ2) is 4.82. The zero-order valence-electron chi connectivity index (χ0n) is 10.8. The Hall–Kier alpha value is -1.61. The van der Waals surface area contributed by atoms with Crippen LogP contribution in [0.15, 0.2) is 30.3 Å². The summed E-state index contributed by atoms with van der Waals surface area (Å²) in [7, 11) is 1.84. The van der Waals surface area contributed by atoms with Crippen molar-refractivity contribution in [2.24, 2.45) is 0 Å². The molecule has 1 heterocycles. The molecule has 0 aliphatic heterocycles. The van der Waals surface area contributed by atoms with Crippen LogP contribution in [0.5, 0.6) is 0 Å². The van der Waals surface area contributed by atoms with Crippen LogP contribution in [0.3, 0.4) is 0 Å². The van der Waals surface area contributed by atoms with E-state index in [9.17, 15) is 4.79 Å². The first-order valence-electron chi connectivity index (χ1n) is 6.49. The molecule has 0 saturated heterocycles. The van der Waals surface area contributed by atoms with Crippen molar-refractivity contribution in [2.45, 2.75) is 25.3 Å². The van der Waals surface area contributed by atoms with Gasteiger partial charge in [0, 0.05) is 18.5 Å². The highest BCUT2D eigenvalue weighted by Crippen LogP contribution is 2.27. The molecule has 2 aromatic rings. The van der Waals surface area contributed by atoms with E-state index in [2.05, 4.69) is 4.98 Å². The summed E-state index contributed by atoms with van der Waals surface area (Å²) >= 11 is 6.23. The average Bonchev–Trinajstić information content (AvgIpc) is 2.35. The lowest BCUT2D eigenvalue weighted by atomic mass is 9.91. The molecule has 0 atom stereocenters. The van der Waals surface area contributed by atoms with Gasteiger partial charge in [0.05, 0.1) is 10.5 Å². The Kier molecular flexibility index (Phi) is 3.15. The van der Waals surface area contributed by atoms with Crippen molar-refractivity contribution in [2.75, 3.05) is 7.05 Å². The molecular weight excluding hydrogens is 260 g/mol. The summed E-state index contributed by atoms with van der Waals surface area (Å²) in [5.41, 5.74) is 1.19. The summed E-state index contributed by atoms with van der Waals surface area (Å²) in [6.45, 7) is 0. The maximum absolute atomic E-state index is 12.4. The van der Waals surface area contributed by atoms with Crippen LogP contribution in [0.2, 0.25) is 5.02 Å². The van der Waals surface area contributed by atoms with Crippen molar-refractivity contribution in [3.05, 3.63) is 41.0 Å². The number of fused-ring (bicyclic) bond motifs is 1. The second-order valence-corrected chi connectivity index (χ2v) is 5.41. The van der Waals surface area contributed by atoms with Gasteiger partial charge in [0.15, 0.2) is 0 Å². The van der Waals surface area contributed by atoms with E-state index in [0.29, 0.717) is 16.8 Å². The summed E-state index contributed by atoms with van der Waals surface area (Å²) in [5, 5.41) is 1.46. The number of hydrogen-bond acceptors (Lipinski definition) is 2. The number of para-hydroxylation sites is 1. The lowest BCUT2D eigenvalue weighted by Crippen LogP contribution is -2.41. The molecule has 1 aliphatic rings. The van der Waals surface area contributed by atoms with Crippen molar-refractivity contribution in [3.63, 3.8) is 0 Å². The first-order valence-corrected chi connectivity index (χ1v) is 6.87. The number of benzene rings is 1. The van der Waals surface area contributed by atoms with Crippen molar-refractivity contribution >= 4 is 28.4 Å². The van der Waals surface area contributed by atoms with Gasteiger partial charge in [0.2, 0.25) is 0 Å². The Morgan fingerprint density at radius 3 is 2.79 bits per heavy atom. The summed E-state index contributed by atoms with van der Waals surface area (Å²) in [6.07, 6.45) is 3.38. The van der Waals surface area contributed by atoms with Gasteiger partial charge >= 0.3 is 0 Å². The minimum Gasteiger partial charge on any atom is -0.337 e. The number of carbonyl (C=O) groups is 1. The van der Waals surface area contributed by atoms with Crippen LogP contribution in [0, 0.1) is 0 Å². The van der Waals surface area contributed by atoms with Gasteiger partial charge in [0.25, 0.3) is 5.91 Å². The van der Waals surface area contributed by atoms with Crippen LogP contribution in [-0.2, 0) is 0 Å². The third-order valence-corrected chi connectivity index (χ3v) is 4.14. The molecule has 0 unspecified atom stereocenters. The zero-order valence-corrected chi connectivity index (χ0v) is 11.5. The largest absolute Gasteiger partial charge is 0.337 e. The predicted octanol–water partition coefficient (Wildman–Crippen LogP) is 3.51. The molecule has 0 N–H and O–H groups in total. The molecule has 3 nitrogen and oxygen atoms in total. The summed E-state index contributed by atoms with van der Waals surface area (Å²) in [6, 6.07) is 9.63. The van der Waals surface area contributed by atoms with Crippen LogP contribution in [0.4, 0.5) is 0 Å². The molecule has 0 radical (unpaired) electrons. The van der Waals surface area contributed by atoms with E-state index in [1.807, 2.05) is 31.3 Å². The number of halogens is 1. The van der Waals surface area contributed by atoms with E-state index >= 15 is 0 Å². The summed E-state index contributed by atoms with van der Waals surface area (Å²) in [5.74, 6) is -0.0441. The first kappa shape index (κ1) is 12.4. The molecule has 1 fully saturated rings. The number of nitrogens with zero attached hydrogens (tertiary/aromatic N) is 2. The third-order valence-electron chi connectivity index (χ3n) is 3.83. The van der Waals surface area contributed by atoms with Gasteiger partial charge in [-0.3, -0.25) is 4.79 Å². The molecule has 1 amide bonds. The number of hydrogen-bond donors (Lipinski definition) is 0. The van der Waals surface area contributed by atoms with Gasteiger partial charge in [-0.15, -0.1) is 0 Å². The highest BCUT2D eigenvalue weighted by Gasteiger charge is 2.27. The lowest BCUT2D eigenvalue weighted by Gasteiger charge is -2.34. The number of pyridine rings is 1. The standard InChI is InChI=1S/C15H15ClN2O/c1-18(10-5-4-6-10)15(19)14-9-12(16)11-7-2-3-8-13(11)17-14/h2-3,7-10H,4-6H2,1H3. The Morgan fingerprint density at radius 1 is 1.37 bits per heavy atom. The molecule has 98 valence electrons. The van der Waals surface area contributed by atoms with Gasteiger partial charge < -0.3 is 4.90 Å². The Labute approximate surface area is 117 Å². The van der Waals surface area contributed by atoms with Crippen molar-refractivity contribution in [3.8, 4) is 0 Å². The normalized spacial score (nSPS) is 15.3. The van der Waals surface area contributed by atoms with Crippen LogP contribution in [-0.4, -0.2) is 28.9 Å². The van der Waals surface area contributed by atoms with E-state index in [1.54, 1.807) is 11.0 Å². The molecule has 1 saturated carbocycles. The Morgan fingerprint density at radius 2 is 2.11 bits per heavy atom. The number of aromatic nitrogens is 1. The van der Waals surface area contributed by atoms with E-state index in [-0.39, 0.29) is 5.91 Å².